The molecule has 0 radical (unpaired) electrons. The van der Waals surface area contributed by atoms with Crippen molar-refractivity contribution in [3.63, 3.8) is 0 Å². The molecule has 2 aromatic rings. The molecule has 7 heteroatoms. The molecule has 0 N–H and O–H groups in total. The molecule has 0 spiro atoms. The first-order chi connectivity index (χ1) is 9.13. The fourth-order valence-electron chi connectivity index (χ4n) is 2.40. The van der Waals surface area contributed by atoms with E-state index in [0.717, 1.165) is 25.3 Å². The molecule has 19 heavy (non-hydrogen) atoms. The average Bonchev–Trinajstić information content (AvgIpc) is 2.95. The van der Waals surface area contributed by atoms with Crippen molar-refractivity contribution < 1.29 is 8.78 Å². The van der Waals surface area contributed by atoms with E-state index >= 15 is 0 Å². The van der Waals surface area contributed by atoms with E-state index in [1.807, 2.05) is 0 Å². The van der Waals surface area contributed by atoms with Crippen LogP contribution >= 0.6 is 0 Å². The van der Waals surface area contributed by atoms with Crippen LogP contribution in [-0.4, -0.2) is 39.3 Å². The number of nitrogens with zero attached hydrogens (tertiary/aromatic N) is 5. The lowest BCUT2D eigenvalue weighted by atomic mass is 10.2. The summed E-state index contributed by atoms with van der Waals surface area (Å²) in [6.07, 6.45) is 1.84. The molecule has 0 saturated carbocycles. The third kappa shape index (κ3) is 2.36. The molecule has 102 valence electrons. The van der Waals surface area contributed by atoms with Gasteiger partial charge in [0.25, 0.3) is 6.43 Å². The minimum Gasteiger partial charge on any atom is -0.355 e. The van der Waals surface area contributed by atoms with Crippen LogP contribution in [0.4, 0.5) is 14.6 Å². The number of fused-ring (bicyclic) bond motifs is 1. The summed E-state index contributed by atoms with van der Waals surface area (Å²) in [7, 11) is 0. The summed E-state index contributed by atoms with van der Waals surface area (Å²) in [4.78, 5) is 10.8. The van der Waals surface area contributed by atoms with Gasteiger partial charge in [0.2, 0.25) is 0 Å². The zero-order valence-electron chi connectivity index (χ0n) is 10.6. The Morgan fingerprint density at radius 3 is 2.95 bits per heavy atom. The van der Waals surface area contributed by atoms with Crippen LogP contribution in [0, 0.1) is 5.92 Å². The Morgan fingerprint density at radius 2 is 2.26 bits per heavy atom. The van der Waals surface area contributed by atoms with Crippen LogP contribution in [0.15, 0.2) is 12.4 Å². The molecular formula is C12H15F2N5. The molecule has 0 amide bonds. The van der Waals surface area contributed by atoms with Gasteiger partial charge in [0, 0.05) is 13.1 Å². The van der Waals surface area contributed by atoms with Crippen molar-refractivity contribution in [2.75, 3.05) is 18.0 Å². The molecule has 0 bridgehead atoms. The van der Waals surface area contributed by atoms with Gasteiger partial charge < -0.3 is 4.90 Å². The van der Waals surface area contributed by atoms with E-state index in [4.69, 9.17) is 0 Å². The first-order valence-corrected chi connectivity index (χ1v) is 6.35. The van der Waals surface area contributed by atoms with Crippen molar-refractivity contribution in [3.8, 4) is 0 Å². The molecule has 0 aliphatic carbocycles. The Labute approximate surface area is 109 Å². The Morgan fingerprint density at radius 1 is 1.42 bits per heavy atom. The van der Waals surface area contributed by atoms with E-state index < -0.39 is 13.0 Å². The second kappa shape index (κ2) is 4.71. The summed E-state index contributed by atoms with van der Waals surface area (Å²) in [5, 5.41) is 3.91. The van der Waals surface area contributed by atoms with E-state index in [1.165, 1.54) is 10.9 Å². The molecule has 1 aliphatic rings. The highest BCUT2D eigenvalue weighted by molar-refractivity contribution is 5.71. The SMILES string of the molecule is CC1CCN(c2cnc3cnn(CC(F)F)c3n2)C1. The fraction of sp³-hybridized carbons (Fsp3) is 0.583. The van der Waals surface area contributed by atoms with Crippen molar-refractivity contribution >= 4 is 17.0 Å². The molecule has 1 unspecified atom stereocenters. The predicted octanol–water partition coefficient (Wildman–Crippen LogP) is 1.94. The summed E-state index contributed by atoms with van der Waals surface area (Å²) >= 11 is 0. The number of aromatic nitrogens is 4. The van der Waals surface area contributed by atoms with Crippen molar-refractivity contribution in [1.82, 2.24) is 19.7 Å². The summed E-state index contributed by atoms with van der Waals surface area (Å²) < 4.78 is 26.1. The number of hydrogen-bond acceptors (Lipinski definition) is 4. The van der Waals surface area contributed by atoms with Gasteiger partial charge in [-0.1, -0.05) is 6.92 Å². The van der Waals surface area contributed by atoms with Gasteiger partial charge in [-0.05, 0) is 12.3 Å². The molecule has 1 aliphatic heterocycles. The highest BCUT2D eigenvalue weighted by Gasteiger charge is 2.21. The normalized spacial score (nSPS) is 19.8. The van der Waals surface area contributed by atoms with Crippen LogP contribution in [0.2, 0.25) is 0 Å². The maximum atomic E-state index is 12.5. The monoisotopic (exact) mass is 267 g/mol. The van der Waals surface area contributed by atoms with Crippen molar-refractivity contribution in [1.29, 1.82) is 0 Å². The van der Waals surface area contributed by atoms with Crippen molar-refractivity contribution in [3.05, 3.63) is 12.4 Å². The minimum absolute atomic E-state index is 0.428. The zero-order chi connectivity index (χ0) is 13.4. The van der Waals surface area contributed by atoms with E-state index in [2.05, 4.69) is 26.9 Å². The highest BCUT2D eigenvalue weighted by atomic mass is 19.3. The first kappa shape index (κ1) is 12.3. The number of hydrogen-bond donors (Lipinski definition) is 0. The largest absolute Gasteiger partial charge is 0.355 e. The molecule has 5 nitrogen and oxygen atoms in total. The maximum Gasteiger partial charge on any atom is 0.258 e. The first-order valence-electron chi connectivity index (χ1n) is 6.35. The molecule has 1 atom stereocenters. The van der Waals surface area contributed by atoms with Crippen LogP contribution in [-0.2, 0) is 6.54 Å². The Bertz CT molecular complexity index is 583. The van der Waals surface area contributed by atoms with Gasteiger partial charge in [0.05, 0.1) is 12.4 Å². The summed E-state index contributed by atoms with van der Waals surface area (Å²) in [5.41, 5.74) is 0.981. The van der Waals surface area contributed by atoms with Crippen LogP contribution < -0.4 is 4.90 Å². The van der Waals surface area contributed by atoms with Crippen molar-refractivity contribution in [2.24, 2.45) is 5.92 Å². The van der Waals surface area contributed by atoms with Crippen LogP contribution in [0.25, 0.3) is 11.2 Å². The Hall–Kier alpha value is -1.79. The summed E-state index contributed by atoms with van der Waals surface area (Å²) in [5.74, 6) is 1.37. The molecule has 0 aromatic carbocycles. The van der Waals surface area contributed by atoms with Gasteiger partial charge in [-0.3, -0.25) is 0 Å². The van der Waals surface area contributed by atoms with Crippen LogP contribution in [0.5, 0.6) is 0 Å². The fourth-order valence-corrected chi connectivity index (χ4v) is 2.40. The second-order valence-electron chi connectivity index (χ2n) is 4.99. The second-order valence-corrected chi connectivity index (χ2v) is 4.99. The smallest absolute Gasteiger partial charge is 0.258 e. The Balaban J connectivity index is 1.94. The van der Waals surface area contributed by atoms with Crippen LogP contribution in [0.1, 0.15) is 13.3 Å². The molecular weight excluding hydrogens is 252 g/mol. The lowest BCUT2D eigenvalue weighted by molar-refractivity contribution is 0.123. The quantitative estimate of drug-likeness (QED) is 0.852. The zero-order valence-corrected chi connectivity index (χ0v) is 10.6. The summed E-state index contributed by atoms with van der Waals surface area (Å²) in [6.45, 7) is 3.61. The van der Waals surface area contributed by atoms with E-state index in [9.17, 15) is 8.78 Å². The Kier molecular flexibility index (Phi) is 3.04. The van der Waals surface area contributed by atoms with Gasteiger partial charge in [-0.25, -0.2) is 23.4 Å². The predicted molar refractivity (Wildman–Crippen MR) is 67.3 cm³/mol. The lowest BCUT2D eigenvalue weighted by Gasteiger charge is -2.16. The maximum absolute atomic E-state index is 12.5. The lowest BCUT2D eigenvalue weighted by Crippen LogP contribution is -2.20. The van der Waals surface area contributed by atoms with Crippen LogP contribution in [0.3, 0.4) is 0 Å². The number of halogens is 2. The van der Waals surface area contributed by atoms with Gasteiger partial charge in [-0.15, -0.1) is 0 Å². The van der Waals surface area contributed by atoms with Gasteiger partial charge >= 0.3 is 0 Å². The van der Waals surface area contributed by atoms with E-state index in [-0.39, 0.29) is 0 Å². The molecule has 3 rings (SSSR count). The third-order valence-corrected chi connectivity index (χ3v) is 3.39. The minimum atomic E-state index is -2.44. The third-order valence-electron chi connectivity index (χ3n) is 3.39. The average molecular weight is 267 g/mol. The van der Waals surface area contributed by atoms with Gasteiger partial charge in [0.1, 0.15) is 17.9 Å². The van der Waals surface area contributed by atoms with Gasteiger partial charge in [0.15, 0.2) is 5.65 Å². The van der Waals surface area contributed by atoms with E-state index in [1.54, 1.807) is 6.20 Å². The summed E-state index contributed by atoms with van der Waals surface area (Å²) in [6, 6.07) is 0. The molecule has 1 fully saturated rings. The topological polar surface area (TPSA) is 46.8 Å². The van der Waals surface area contributed by atoms with Gasteiger partial charge in [-0.2, -0.15) is 5.10 Å². The number of rotatable bonds is 3. The number of anilines is 1. The standard InChI is InChI=1S/C12H15F2N5/c1-8-2-3-18(6-8)11-5-15-9-4-16-19(7-10(13)14)12(9)17-11/h4-5,8,10H,2-3,6-7H2,1H3. The number of alkyl halides is 2. The molecule has 3 heterocycles. The van der Waals surface area contributed by atoms with Crippen molar-refractivity contribution in [2.45, 2.75) is 26.3 Å². The molecule has 2 aromatic heterocycles. The molecule has 1 saturated heterocycles. The highest BCUT2D eigenvalue weighted by Crippen LogP contribution is 2.22. The van der Waals surface area contributed by atoms with E-state index in [0.29, 0.717) is 17.1 Å².